The van der Waals surface area contributed by atoms with Gasteiger partial charge < -0.3 is 4.98 Å². The molecule has 3 aromatic rings. The van der Waals surface area contributed by atoms with Crippen LogP contribution in [0.2, 0.25) is 0 Å². The Bertz CT molecular complexity index is 897. The highest BCUT2D eigenvalue weighted by Gasteiger charge is 2.32. The van der Waals surface area contributed by atoms with E-state index in [9.17, 15) is 13.2 Å². The number of fused-ring (bicyclic) bond motifs is 1. The fourth-order valence-electron chi connectivity index (χ4n) is 2.98. The number of aromatic amines is 1. The minimum atomic E-state index is -4.38. The number of aromatic nitrogens is 4. The van der Waals surface area contributed by atoms with Crippen LogP contribution in [0.3, 0.4) is 0 Å². The predicted octanol–water partition coefficient (Wildman–Crippen LogP) is 4.42. The molecule has 3 heterocycles. The molecule has 0 aromatic carbocycles. The Balaban J connectivity index is 1.41. The summed E-state index contributed by atoms with van der Waals surface area (Å²) in [5, 5.41) is 0.489. The zero-order chi connectivity index (χ0) is 17.4. The van der Waals surface area contributed by atoms with E-state index in [1.807, 2.05) is 0 Å². The topological polar surface area (TPSA) is 54.5 Å². The van der Waals surface area contributed by atoms with E-state index in [2.05, 4.69) is 26.0 Å². The second-order valence-corrected chi connectivity index (χ2v) is 6.52. The molecule has 0 bridgehead atoms. The van der Waals surface area contributed by atoms with Crippen molar-refractivity contribution in [1.29, 1.82) is 0 Å². The van der Waals surface area contributed by atoms with Gasteiger partial charge in [-0.3, -0.25) is 0 Å². The fraction of sp³-hybridized carbons (Fsp3) is 0.389. The molecule has 0 saturated heterocycles. The van der Waals surface area contributed by atoms with E-state index >= 15 is 0 Å². The van der Waals surface area contributed by atoms with Crippen LogP contribution in [-0.2, 0) is 19.0 Å². The number of hydrogen-bond donors (Lipinski definition) is 1. The van der Waals surface area contributed by atoms with Gasteiger partial charge in [0, 0.05) is 28.9 Å². The van der Waals surface area contributed by atoms with Crippen LogP contribution in [0.1, 0.15) is 47.8 Å². The van der Waals surface area contributed by atoms with Crippen molar-refractivity contribution >= 4 is 11.0 Å². The molecular weight excluding hydrogens is 329 g/mol. The highest BCUT2D eigenvalue weighted by molar-refractivity contribution is 5.77. The average Bonchev–Trinajstić information content (AvgIpc) is 3.33. The summed E-state index contributed by atoms with van der Waals surface area (Å²) >= 11 is 0. The molecule has 0 aliphatic heterocycles. The third-order valence-electron chi connectivity index (χ3n) is 4.47. The van der Waals surface area contributed by atoms with Gasteiger partial charge in [-0.15, -0.1) is 0 Å². The first kappa shape index (κ1) is 16.1. The maximum absolute atomic E-state index is 12.7. The van der Waals surface area contributed by atoms with Gasteiger partial charge in [0.25, 0.3) is 0 Å². The molecule has 1 aliphatic rings. The van der Waals surface area contributed by atoms with Gasteiger partial charge in [0.2, 0.25) is 0 Å². The molecule has 0 atom stereocenters. The number of nitrogens with zero attached hydrogens (tertiary/aromatic N) is 3. The number of alkyl halides is 3. The number of rotatable bonds is 5. The second-order valence-electron chi connectivity index (χ2n) is 6.52. The average molecular weight is 346 g/mol. The number of hydrogen-bond acceptors (Lipinski definition) is 3. The van der Waals surface area contributed by atoms with Crippen LogP contribution in [0.25, 0.3) is 11.0 Å². The third-order valence-corrected chi connectivity index (χ3v) is 4.47. The van der Waals surface area contributed by atoms with Gasteiger partial charge in [-0.25, -0.2) is 15.0 Å². The van der Waals surface area contributed by atoms with E-state index in [1.54, 1.807) is 18.6 Å². The Labute approximate surface area is 142 Å². The normalized spacial score (nSPS) is 15.0. The molecule has 25 heavy (non-hydrogen) atoms. The van der Waals surface area contributed by atoms with E-state index in [0.717, 1.165) is 42.3 Å². The molecule has 3 aromatic heterocycles. The lowest BCUT2D eigenvalue weighted by atomic mass is 10.1. The van der Waals surface area contributed by atoms with Gasteiger partial charge in [0.1, 0.15) is 17.7 Å². The maximum Gasteiger partial charge on any atom is 0.431 e. The van der Waals surface area contributed by atoms with Gasteiger partial charge in [-0.2, -0.15) is 13.2 Å². The number of aryl methyl sites for hydroxylation is 2. The van der Waals surface area contributed by atoms with Crippen molar-refractivity contribution in [3.8, 4) is 0 Å². The molecule has 130 valence electrons. The van der Waals surface area contributed by atoms with Crippen molar-refractivity contribution in [3.05, 3.63) is 53.4 Å². The van der Waals surface area contributed by atoms with E-state index in [1.165, 1.54) is 12.8 Å². The Morgan fingerprint density at radius 1 is 1.04 bits per heavy atom. The minimum absolute atomic E-state index is 0.265. The standard InChI is InChI=1S/C18H17F3N4/c19-18(20,21)16-7-13-6-11(9-22-17(13)25-16)2-1-3-14-8-15(12-4-5-12)24-10-23-14/h6-10,12H,1-5H2,(H,22,25). The van der Waals surface area contributed by atoms with Crippen LogP contribution in [0.4, 0.5) is 13.2 Å². The van der Waals surface area contributed by atoms with Gasteiger partial charge in [0.15, 0.2) is 0 Å². The number of nitrogens with one attached hydrogen (secondary N) is 1. The summed E-state index contributed by atoms with van der Waals surface area (Å²) < 4.78 is 38.2. The van der Waals surface area contributed by atoms with E-state index in [-0.39, 0.29) is 5.65 Å². The van der Waals surface area contributed by atoms with Gasteiger partial charge in [0.05, 0.1) is 0 Å². The van der Waals surface area contributed by atoms with Crippen LogP contribution < -0.4 is 0 Å². The molecule has 1 saturated carbocycles. The molecule has 7 heteroatoms. The summed E-state index contributed by atoms with van der Waals surface area (Å²) in [5.74, 6) is 0.602. The Morgan fingerprint density at radius 3 is 2.64 bits per heavy atom. The van der Waals surface area contributed by atoms with E-state index in [4.69, 9.17) is 0 Å². The highest BCUT2D eigenvalue weighted by Crippen LogP contribution is 2.38. The predicted molar refractivity (Wildman–Crippen MR) is 87.1 cm³/mol. The SMILES string of the molecule is FC(F)(F)c1cc2cc(CCCc3cc(C4CC4)ncn3)cnc2[nH]1. The number of pyridine rings is 1. The maximum atomic E-state index is 12.7. The van der Waals surface area contributed by atoms with Crippen molar-refractivity contribution in [2.75, 3.05) is 0 Å². The summed E-state index contributed by atoms with van der Waals surface area (Å²) in [6, 6.07) is 4.95. The van der Waals surface area contributed by atoms with Crippen molar-refractivity contribution in [2.24, 2.45) is 0 Å². The van der Waals surface area contributed by atoms with Crippen molar-refractivity contribution in [3.63, 3.8) is 0 Å². The molecule has 0 radical (unpaired) electrons. The third kappa shape index (κ3) is 3.65. The lowest BCUT2D eigenvalue weighted by Gasteiger charge is -2.03. The lowest BCUT2D eigenvalue weighted by molar-refractivity contribution is -0.140. The fourth-order valence-corrected chi connectivity index (χ4v) is 2.98. The summed E-state index contributed by atoms with van der Waals surface area (Å²) in [7, 11) is 0. The molecule has 4 nitrogen and oxygen atoms in total. The van der Waals surface area contributed by atoms with Crippen LogP contribution in [0.15, 0.2) is 30.7 Å². The smallest absolute Gasteiger partial charge is 0.336 e. The zero-order valence-corrected chi connectivity index (χ0v) is 13.5. The van der Waals surface area contributed by atoms with Crippen LogP contribution in [-0.4, -0.2) is 19.9 Å². The quantitative estimate of drug-likeness (QED) is 0.744. The Kier molecular flexibility index (Phi) is 3.94. The summed E-state index contributed by atoms with van der Waals surface area (Å²) in [4.78, 5) is 15.0. The van der Waals surface area contributed by atoms with Crippen LogP contribution in [0, 0.1) is 0 Å². The van der Waals surface area contributed by atoms with E-state index in [0.29, 0.717) is 11.3 Å². The van der Waals surface area contributed by atoms with Crippen LogP contribution in [0.5, 0.6) is 0 Å². The van der Waals surface area contributed by atoms with E-state index < -0.39 is 11.9 Å². The molecule has 0 unspecified atom stereocenters. The van der Waals surface area contributed by atoms with Crippen molar-refractivity contribution < 1.29 is 13.2 Å². The lowest BCUT2D eigenvalue weighted by Crippen LogP contribution is -2.04. The zero-order valence-electron chi connectivity index (χ0n) is 13.5. The first-order valence-corrected chi connectivity index (χ1v) is 8.35. The highest BCUT2D eigenvalue weighted by atomic mass is 19.4. The summed E-state index contributed by atoms with van der Waals surface area (Å²) in [6.07, 6.45) is 3.72. The molecule has 1 fully saturated rings. The van der Waals surface area contributed by atoms with Crippen LogP contribution >= 0.6 is 0 Å². The molecular formula is C18H17F3N4. The molecule has 1 N–H and O–H groups in total. The summed E-state index contributed by atoms with van der Waals surface area (Å²) in [6.45, 7) is 0. The Morgan fingerprint density at radius 2 is 1.88 bits per heavy atom. The van der Waals surface area contributed by atoms with Gasteiger partial charge in [-0.1, -0.05) is 0 Å². The number of halogens is 3. The molecule has 0 spiro atoms. The van der Waals surface area contributed by atoms with Crippen molar-refractivity contribution in [1.82, 2.24) is 19.9 Å². The minimum Gasteiger partial charge on any atom is -0.336 e. The Hall–Kier alpha value is -2.44. The second kappa shape index (κ2) is 6.13. The number of H-pyrrole nitrogens is 1. The molecule has 0 amide bonds. The molecule has 4 rings (SSSR count). The van der Waals surface area contributed by atoms with Gasteiger partial charge >= 0.3 is 6.18 Å². The summed E-state index contributed by atoms with van der Waals surface area (Å²) in [5.41, 5.74) is 2.57. The van der Waals surface area contributed by atoms with Crippen molar-refractivity contribution in [2.45, 2.75) is 44.2 Å². The largest absolute Gasteiger partial charge is 0.431 e. The first-order chi connectivity index (χ1) is 12.0. The monoisotopic (exact) mass is 346 g/mol. The van der Waals surface area contributed by atoms with Gasteiger partial charge in [-0.05, 0) is 55.9 Å². The first-order valence-electron chi connectivity index (χ1n) is 8.35. The molecule has 1 aliphatic carbocycles.